The van der Waals surface area contributed by atoms with E-state index in [9.17, 15) is 13.2 Å². The molecule has 0 saturated carbocycles. The minimum Gasteiger partial charge on any atom is -0.492 e. The van der Waals surface area contributed by atoms with Crippen LogP contribution in [0.1, 0.15) is 13.8 Å². The second-order valence-corrected chi connectivity index (χ2v) is 7.92. The van der Waals surface area contributed by atoms with Crippen molar-refractivity contribution in [2.45, 2.75) is 20.0 Å². The number of amides is 1. The quantitative estimate of drug-likeness (QED) is 0.747. The molecule has 27 heavy (non-hydrogen) atoms. The fourth-order valence-corrected chi connectivity index (χ4v) is 2.77. The van der Waals surface area contributed by atoms with Crippen molar-refractivity contribution in [3.8, 4) is 11.5 Å². The van der Waals surface area contributed by atoms with Crippen LogP contribution in [-0.2, 0) is 14.8 Å². The number of hydrogen-bond donors (Lipinski definition) is 1. The number of rotatable bonds is 8. The zero-order chi connectivity index (χ0) is 20.0. The number of nitrogens with zero attached hydrogens (tertiary/aromatic N) is 1. The Morgan fingerprint density at radius 3 is 2.37 bits per heavy atom. The van der Waals surface area contributed by atoms with Crippen LogP contribution in [0.4, 0.5) is 11.4 Å². The first-order valence-corrected chi connectivity index (χ1v) is 10.3. The predicted molar refractivity (Wildman–Crippen MR) is 106 cm³/mol. The van der Waals surface area contributed by atoms with Crippen LogP contribution in [0, 0.1) is 0 Å². The number of benzene rings is 2. The second kappa shape index (κ2) is 8.77. The fourth-order valence-electron chi connectivity index (χ4n) is 2.27. The van der Waals surface area contributed by atoms with E-state index >= 15 is 0 Å². The summed E-state index contributed by atoms with van der Waals surface area (Å²) in [6, 6.07) is 13.6. The maximum atomic E-state index is 12.4. The molecular formula is C19H24N2O5S. The summed E-state index contributed by atoms with van der Waals surface area (Å²) in [5.41, 5.74) is 1.08. The Hall–Kier alpha value is -2.74. The van der Waals surface area contributed by atoms with Crippen LogP contribution in [0.5, 0.6) is 11.5 Å². The minimum atomic E-state index is -3.33. The Kier molecular flexibility index (Phi) is 6.68. The van der Waals surface area contributed by atoms with Crippen LogP contribution in [0.25, 0.3) is 0 Å². The van der Waals surface area contributed by atoms with Crippen LogP contribution in [0.15, 0.2) is 48.5 Å². The van der Waals surface area contributed by atoms with Crippen molar-refractivity contribution >= 4 is 27.3 Å². The average molecular weight is 392 g/mol. The lowest BCUT2D eigenvalue weighted by Crippen LogP contribution is -2.30. The molecule has 0 aliphatic rings. The molecule has 2 rings (SSSR count). The van der Waals surface area contributed by atoms with E-state index in [0.29, 0.717) is 29.5 Å². The summed E-state index contributed by atoms with van der Waals surface area (Å²) >= 11 is 0. The van der Waals surface area contributed by atoms with Gasteiger partial charge in [0.1, 0.15) is 11.5 Å². The predicted octanol–water partition coefficient (Wildman–Crippen LogP) is 2.89. The molecule has 0 fully saturated rings. The average Bonchev–Trinajstić information content (AvgIpc) is 2.62. The molecule has 146 valence electrons. The summed E-state index contributed by atoms with van der Waals surface area (Å²) in [6.45, 7) is 4.00. The summed E-state index contributed by atoms with van der Waals surface area (Å²) < 4.78 is 35.4. The molecule has 1 N–H and O–H groups in total. The third-order valence-corrected chi connectivity index (χ3v) is 5.03. The smallest absolute Gasteiger partial charge is 0.265 e. The summed E-state index contributed by atoms with van der Waals surface area (Å²) in [6.07, 6.45) is 0.377. The molecule has 7 nitrogen and oxygen atoms in total. The van der Waals surface area contributed by atoms with E-state index in [1.807, 2.05) is 13.0 Å². The van der Waals surface area contributed by atoms with Crippen molar-refractivity contribution in [2.24, 2.45) is 0 Å². The van der Waals surface area contributed by atoms with E-state index in [-0.39, 0.29) is 5.91 Å². The lowest BCUT2D eigenvalue weighted by atomic mass is 10.2. The SMILES string of the molecule is CCOc1ccccc1NC(=O)[C@@H](C)Oc1ccc(N(C)S(C)(=O)=O)cc1. The molecule has 0 aliphatic heterocycles. The van der Waals surface area contributed by atoms with Gasteiger partial charge in [-0.25, -0.2) is 8.42 Å². The monoisotopic (exact) mass is 392 g/mol. The van der Waals surface area contributed by atoms with Crippen molar-refractivity contribution in [3.63, 3.8) is 0 Å². The van der Waals surface area contributed by atoms with E-state index < -0.39 is 16.1 Å². The van der Waals surface area contributed by atoms with Gasteiger partial charge in [0.05, 0.1) is 24.2 Å². The Morgan fingerprint density at radius 1 is 1.15 bits per heavy atom. The minimum absolute atomic E-state index is 0.320. The standard InChI is InChI=1S/C19H24N2O5S/c1-5-25-18-9-7-6-8-17(18)20-19(22)14(2)26-16-12-10-15(11-13-16)21(3)27(4,23)24/h6-14H,5H2,1-4H3,(H,20,22)/t14-/m1/s1. The number of nitrogens with one attached hydrogen (secondary N) is 1. The molecule has 0 unspecified atom stereocenters. The third kappa shape index (κ3) is 5.62. The number of hydrogen-bond acceptors (Lipinski definition) is 5. The molecule has 0 aromatic heterocycles. The first-order valence-electron chi connectivity index (χ1n) is 8.45. The van der Waals surface area contributed by atoms with Crippen molar-refractivity contribution in [3.05, 3.63) is 48.5 Å². The molecule has 2 aromatic carbocycles. The van der Waals surface area contributed by atoms with Gasteiger partial charge in [-0.2, -0.15) is 0 Å². The molecule has 0 bridgehead atoms. The molecule has 1 atom stereocenters. The van der Waals surface area contributed by atoms with Gasteiger partial charge in [0, 0.05) is 7.05 Å². The van der Waals surface area contributed by atoms with Crippen LogP contribution in [0.3, 0.4) is 0 Å². The van der Waals surface area contributed by atoms with Gasteiger partial charge in [0.25, 0.3) is 5.91 Å². The molecular weight excluding hydrogens is 368 g/mol. The number of sulfonamides is 1. The van der Waals surface area contributed by atoms with Crippen LogP contribution < -0.4 is 19.1 Å². The van der Waals surface area contributed by atoms with Gasteiger partial charge in [-0.3, -0.25) is 9.10 Å². The van der Waals surface area contributed by atoms with Crippen molar-refractivity contribution in [1.29, 1.82) is 0 Å². The van der Waals surface area contributed by atoms with Crippen LogP contribution in [-0.4, -0.2) is 40.3 Å². The highest BCUT2D eigenvalue weighted by Crippen LogP contribution is 2.25. The van der Waals surface area contributed by atoms with E-state index in [4.69, 9.17) is 9.47 Å². The first kappa shape index (κ1) is 20.6. The number of para-hydroxylation sites is 2. The van der Waals surface area contributed by atoms with Gasteiger partial charge in [0.2, 0.25) is 10.0 Å². The number of anilines is 2. The van der Waals surface area contributed by atoms with Crippen molar-refractivity contribution in [2.75, 3.05) is 29.5 Å². The van der Waals surface area contributed by atoms with Crippen molar-refractivity contribution in [1.82, 2.24) is 0 Å². The molecule has 0 aliphatic carbocycles. The summed E-state index contributed by atoms with van der Waals surface area (Å²) in [7, 11) is -1.86. The van der Waals surface area contributed by atoms with Gasteiger partial charge >= 0.3 is 0 Å². The Morgan fingerprint density at radius 2 is 1.78 bits per heavy atom. The summed E-state index contributed by atoms with van der Waals surface area (Å²) in [5, 5.41) is 2.79. The highest BCUT2D eigenvalue weighted by Gasteiger charge is 2.17. The van der Waals surface area contributed by atoms with Gasteiger partial charge in [-0.1, -0.05) is 12.1 Å². The highest BCUT2D eigenvalue weighted by molar-refractivity contribution is 7.92. The molecule has 0 spiro atoms. The van der Waals surface area contributed by atoms with Gasteiger partial charge in [0.15, 0.2) is 6.10 Å². The van der Waals surface area contributed by atoms with E-state index in [1.165, 1.54) is 7.05 Å². The second-order valence-electron chi connectivity index (χ2n) is 5.90. The molecule has 2 aromatic rings. The molecule has 0 saturated heterocycles. The normalized spacial score (nSPS) is 12.1. The van der Waals surface area contributed by atoms with Crippen LogP contribution >= 0.6 is 0 Å². The lowest BCUT2D eigenvalue weighted by molar-refractivity contribution is -0.122. The van der Waals surface area contributed by atoms with Crippen LogP contribution in [0.2, 0.25) is 0 Å². The van der Waals surface area contributed by atoms with Gasteiger partial charge in [-0.15, -0.1) is 0 Å². The van der Waals surface area contributed by atoms with Gasteiger partial charge < -0.3 is 14.8 Å². The number of carbonyl (C=O) groups is 1. The Labute approximate surface area is 160 Å². The molecule has 0 heterocycles. The zero-order valence-corrected chi connectivity index (χ0v) is 16.6. The Balaban J connectivity index is 2.02. The summed E-state index contributed by atoms with van der Waals surface area (Å²) in [5.74, 6) is 0.731. The lowest BCUT2D eigenvalue weighted by Gasteiger charge is -2.18. The maximum Gasteiger partial charge on any atom is 0.265 e. The fraction of sp³-hybridized carbons (Fsp3) is 0.316. The number of ether oxygens (including phenoxy) is 2. The van der Waals surface area contributed by atoms with E-state index in [1.54, 1.807) is 49.4 Å². The first-order chi connectivity index (χ1) is 12.7. The number of carbonyl (C=O) groups excluding carboxylic acids is 1. The van der Waals surface area contributed by atoms with Crippen molar-refractivity contribution < 1.29 is 22.7 Å². The van der Waals surface area contributed by atoms with E-state index in [2.05, 4.69) is 5.32 Å². The van der Waals surface area contributed by atoms with Gasteiger partial charge in [-0.05, 0) is 50.2 Å². The highest BCUT2D eigenvalue weighted by atomic mass is 32.2. The topological polar surface area (TPSA) is 84.9 Å². The third-order valence-electron chi connectivity index (χ3n) is 3.82. The molecule has 1 amide bonds. The Bertz CT molecular complexity index is 881. The summed E-state index contributed by atoms with van der Waals surface area (Å²) in [4.78, 5) is 12.4. The zero-order valence-electron chi connectivity index (χ0n) is 15.8. The molecule has 8 heteroatoms. The van der Waals surface area contributed by atoms with E-state index in [0.717, 1.165) is 10.6 Å². The largest absolute Gasteiger partial charge is 0.492 e. The molecule has 0 radical (unpaired) electrons. The maximum absolute atomic E-state index is 12.4.